The van der Waals surface area contributed by atoms with Gasteiger partial charge < -0.3 is 5.32 Å². The van der Waals surface area contributed by atoms with Crippen LogP contribution in [0, 0.1) is 0 Å². The van der Waals surface area contributed by atoms with Gasteiger partial charge in [0.25, 0.3) is 0 Å². The van der Waals surface area contributed by atoms with Gasteiger partial charge >= 0.3 is 0 Å². The molecular formula is C9H17NO. The quantitative estimate of drug-likeness (QED) is 0.666. The van der Waals surface area contributed by atoms with Crippen LogP contribution in [0.1, 0.15) is 39.0 Å². The molecule has 1 fully saturated rings. The van der Waals surface area contributed by atoms with Gasteiger partial charge in [0.15, 0.2) is 0 Å². The third-order valence-electron chi connectivity index (χ3n) is 2.23. The van der Waals surface area contributed by atoms with Crippen molar-refractivity contribution in [1.29, 1.82) is 0 Å². The van der Waals surface area contributed by atoms with Crippen molar-refractivity contribution in [3.63, 3.8) is 0 Å². The van der Waals surface area contributed by atoms with E-state index in [9.17, 15) is 4.79 Å². The normalized spacial score (nSPS) is 23.9. The summed E-state index contributed by atoms with van der Waals surface area (Å²) in [5.74, 6) is 0.421. The summed E-state index contributed by atoms with van der Waals surface area (Å²) >= 11 is 0. The van der Waals surface area contributed by atoms with Crippen LogP contribution in [0.3, 0.4) is 0 Å². The monoisotopic (exact) mass is 155 g/mol. The highest BCUT2D eigenvalue weighted by atomic mass is 16.1. The van der Waals surface area contributed by atoms with Gasteiger partial charge in [-0.2, -0.15) is 0 Å². The molecule has 2 heteroatoms. The lowest BCUT2D eigenvalue weighted by molar-refractivity contribution is -0.120. The van der Waals surface area contributed by atoms with Crippen molar-refractivity contribution in [2.45, 2.75) is 45.1 Å². The second kappa shape index (κ2) is 4.50. The lowest BCUT2D eigenvalue weighted by atomic mass is 10.1. The van der Waals surface area contributed by atoms with Crippen LogP contribution in [0.25, 0.3) is 0 Å². The van der Waals surface area contributed by atoms with E-state index in [1.165, 1.54) is 6.42 Å². The molecule has 2 nitrogen and oxygen atoms in total. The van der Waals surface area contributed by atoms with E-state index in [0.717, 1.165) is 32.2 Å². The van der Waals surface area contributed by atoms with Gasteiger partial charge in [-0.15, -0.1) is 0 Å². The molecule has 0 amide bonds. The van der Waals surface area contributed by atoms with Crippen molar-refractivity contribution >= 4 is 5.78 Å². The minimum absolute atomic E-state index is 0.196. The summed E-state index contributed by atoms with van der Waals surface area (Å²) in [6.07, 6.45) is 5.18. The predicted molar refractivity (Wildman–Crippen MR) is 45.6 cm³/mol. The first-order valence-electron chi connectivity index (χ1n) is 4.60. The molecule has 64 valence electrons. The molecule has 1 aliphatic rings. The zero-order chi connectivity index (χ0) is 8.10. The SMILES string of the molecule is CCCCC(=O)C1CCCN1. The van der Waals surface area contributed by atoms with E-state index >= 15 is 0 Å². The maximum Gasteiger partial charge on any atom is 0.149 e. The molecule has 1 heterocycles. The molecule has 1 N–H and O–H groups in total. The van der Waals surface area contributed by atoms with Crippen molar-refractivity contribution in [2.75, 3.05) is 6.54 Å². The number of Topliss-reactive ketones (excluding diaryl/α,β-unsaturated/α-hetero) is 1. The summed E-state index contributed by atoms with van der Waals surface area (Å²) in [6.45, 7) is 3.15. The Bertz CT molecular complexity index is 128. The van der Waals surface area contributed by atoms with Crippen molar-refractivity contribution in [1.82, 2.24) is 5.32 Å². The summed E-state index contributed by atoms with van der Waals surface area (Å²) < 4.78 is 0. The molecule has 0 aromatic carbocycles. The molecule has 0 bridgehead atoms. The number of unbranched alkanes of at least 4 members (excludes halogenated alkanes) is 1. The minimum Gasteiger partial charge on any atom is -0.307 e. The van der Waals surface area contributed by atoms with Crippen LogP contribution >= 0.6 is 0 Å². The van der Waals surface area contributed by atoms with Gasteiger partial charge in [0.1, 0.15) is 5.78 Å². The Kier molecular flexibility index (Phi) is 3.57. The zero-order valence-corrected chi connectivity index (χ0v) is 7.23. The number of rotatable bonds is 4. The van der Waals surface area contributed by atoms with Crippen molar-refractivity contribution < 1.29 is 4.79 Å². The Morgan fingerprint density at radius 3 is 3.00 bits per heavy atom. The van der Waals surface area contributed by atoms with Crippen molar-refractivity contribution in [3.05, 3.63) is 0 Å². The van der Waals surface area contributed by atoms with Crippen LogP contribution < -0.4 is 5.32 Å². The summed E-state index contributed by atoms with van der Waals surface area (Å²) in [5, 5.41) is 3.22. The topological polar surface area (TPSA) is 29.1 Å². The second-order valence-electron chi connectivity index (χ2n) is 3.22. The molecule has 1 atom stereocenters. The highest BCUT2D eigenvalue weighted by Crippen LogP contribution is 2.09. The smallest absolute Gasteiger partial charge is 0.149 e. The van der Waals surface area contributed by atoms with E-state index in [0.29, 0.717) is 5.78 Å². The predicted octanol–water partition coefficient (Wildman–Crippen LogP) is 1.50. The molecular weight excluding hydrogens is 138 g/mol. The van der Waals surface area contributed by atoms with E-state index in [-0.39, 0.29) is 6.04 Å². The Morgan fingerprint density at radius 2 is 2.45 bits per heavy atom. The van der Waals surface area contributed by atoms with Gasteiger partial charge in [0, 0.05) is 6.42 Å². The van der Waals surface area contributed by atoms with Crippen LogP contribution in [0.4, 0.5) is 0 Å². The van der Waals surface area contributed by atoms with Crippen LogP contribution in [-0.2, 0) is 4.79 Å². The number of carbonyl (C=O) groups is 1. The average molecular weight is 155 g/mol. The first-order chi connectivity index (χ1) is 5.34. The van der Waals surface area contributed by atoms with E-state index in [1.54, 1.807) is 0 Å². The van der Waals surface area contributed by atoms with Crippen molar-refractivity contribution in [2.24, 2.45) is 0 Å². The van der Waals surface area contributed by atoms with Crippen LogP contribution in [0.2, 0.25) is 0 Å². The molecule has 1 aliphatic heterocycles. The minimum atomic E-state index is 0.196. The summed E-state index contributed by atoms with van der Waals surface area (Å²) in [6, 6.07) is 0.196. The Hall–Kier alpha value is -0.370. The third-order valence-corrected chi connectivity index (χ3v) is 2.23. The van der Waals surface area contributed by atoms with Gasteiger partial charge in [0.05, 0.1) is 6.04 Å². The summed E-state index contributed by atoms with van der Waals surface area (Å²) in [7, 11) is 0. The van der Waals surface area contributed by atoms with Crippen molar-refractivity contribution in [3.8, 4) is 0 Å². The Balaban J connectivity index is 2.17. The molecule has 0 aromatic rings. The molecule has 11 heavy (non-hydrogen) atoms. The van der Waals surface area contributed by atoms with Crippen LogP contribution in [0.5, 0.6) is 0 Å². The van der Waals surface area contributed by atoms with E-state index < -0.39 is 0 Å². The number of carbonyl (C=O) groups excluding carboxylic acids is 1. The van der Waals surface area contributed by atoms with Crippen LogP contribution in [0.15, 0.2) is 0 Å². The molecule has 1 rings (SSSR count). The Labute approximate surface area is 68.4 Å². The average Bonchev–Trinajstić information content (AvgIpc) is 2.52. The first-order valence-corrected chi connectivity index (χ1v) is 4.60. The number of nitrogens with one attached hydrogen (secondary N) is 1. The molecule has 0 saturated carbocycles. The third kappa shape index (κ3) is 2.62. The number of hydrogen-bond donors (Lipinski definition) is 1. The maximum absolute atomic E-state index is 11.3. The number of ketones is 1. The molecule has 0 aliphatic carbocycles. The maximum atomic E-state index is 11.3. The fraction of sp³-hybridized carbons (Fsp3) is 0.889. The summed E-state index contributed by atoms with van der Waals surface area (Å²) in [4.78, 5) is 11.3. The number of hydrogen-bond acceptors (Lipinski definition) is 2. The fourth-order valence-electron chi connectivity index (χ4n) is 1.48. The van der Waals surface area contributed by atoms with Crippen LogP contribution in [-0.4, -0.2) is 18.4 Å². The molecule has 1 saturated heterocycles. The van der Waals surface area contributed by atoms with E-state index in [2.05, 4.69) is 12.2 Å². The molecule has 0 spiro atoms. The van der Waals surface area contributed by atoms with E-state index in [4.69, 9.17) is 0 Å². The van der Waals surface area contributed by atoms with Gasteiger partial charge in [-0.3, -0.25) is 4.79 Å². The standard InChI is InChI=1S/C9H17NO/c1-2-3-6-9(11)8-5-4-7-10-8/h8,10H,2-7H2,1H3. The molecule has 0 aromatic heterocycles. The van der Waals surface area contributed by atoms with Gasteiger partial charge in [0.2, 0.25) is 0 Å². The Morgan fingerprint density at radius 1 is 1.64 bits per heavy atom. The highest BCUT2D eigenvalue weighted by molar-refractivity contribution is 5.84. The lowest BCUT2D eigenvalue weighted by Crippen LogP contribution is -2.30. The van der Waals surface area contributed by atoms with Gasteiger partial charge in [-0.1, -0.05) is 13.3 Å². The fourth-order valence-corrected chi connectivity index (χ4v) is 1.48. The molecule has 1 unspecified atom stereocenters. The zero-order valence-electron chi connectivity index (χ0n) is 7.23. The van der Waals surface area contributed by atoms with Gasteiger partial charge in [-0.25, -0.2) is 0 Å². The highest BCUT2D eigenvalue weighted by Gasteiger charge is 2.20. The second-order valence-corrected chi connectivity index (χ2v) is 3.22. The summed E-state index contributed by atoms with van der Waals surface area (Å²) in [5.41, 5.74) is 0. The molecule has 0 radical (unpaired) electrons. The van der Waals surface area contributed by atoms with Gasteiger partial charge in [-0.05, 0) is 25.8 Å². The lowest BCUT2D eigenvalue weighted by Gasteiger charge is -2.07. The van der Waals surface area contributed by atoms with E-state index in [1.807, 2.05) is 0 Å². The first kappa shape index (κ1) is 8.72. The largest absolute Gasteiger partial charge is 0.307 e.